The van der Waals surface area contributed by atoms with Gasteiger partial charge in [-0.1, -0.05) is 147 Å². The van der Waals surface area contributed by atoms with Crippen LogP contribution >= 0.6 is 0 Å². The van der Waals surface area contributed by atoms with E-state index in [1.165, 1.54) is 88.0 Å². The SMILES string of the molecule is CC1(C)c2cc(-c3ccc4c(c3)oc3cc5ccccc5cc34)ccc2-c2ccc(-c3c4ccccc4c(-c4ccccc4)c4ccccc34)cc21. The van der Waals surface area contributed by atoms with Gasteiger partial charge in [0.05, 0.1) is 0 Å². The minimum absolute atomic E-state index is 0.171. The van der Waals surface area contributed by atoms with Crippen LogP contribution in [0, 0.1) is 0 Å². The molecule has 1 aromatic heterocycles. The molecule has 0 unspecified atom stereocenters. The van der Waals surface area contributed by atoms with Gasteiger partial charge in [-0.05, 0) is 124 Å². The molecule has 52 heavy (non-hydrogen) atoms. The van der Waals surface area contributed by atoms with Crippen molar-refractivity contribution in [3.05, 3.63) is 181 Å². The van der Waals surface area contributed by atoms with Crippen molar-refractivity contribution >= 4 is 54.3 Å². The molecule has 0 fully saturated rings. The van der Waals surface area contributed by atoms with Gasteiger partial charge in [0.15, 0.2) is 0 Å². The molecule has 0 atom stereocenters. The van der Waals surface area contributed by atoms with Gasteiger partial charge in [-0.2, -0.15) is 0 Å². The average Bonchev–Trinajstić information content (AvgIpc) is 3.65. The van der Waals surface area contributed by atoms with E-state index < -0.39 is 0 Å². The summed E-state index contributed by atoms with van der Waals surface area (Å²) in [5.41, 5.74) is 14.5. The minimum Gasteiger partial charge on any atom is -0.456 e. The Morgan fingerprint density at radius 3 is 1.48 bits per heavy atom. The van der Waals surface area contributed by atoms with Crippen molar-refractivity contribution in [2.75, 3.05) is 0 Å². The predicted molar refractivity (Wildman–Crippen MR) is 220 cm³/mol. The fourth-order valence-corrected chi connectivity index (χ4v) is 9.07. The quantitative estimate of drug-likeness (QED) is 0.172. The molecule has 11 rings (SSSR count). The van der Waals surface area contributed by atoms with Crippen LogP contribution in [-0.2, 0) is 5.41 Å². The third-order valence-electron chi connectivity index (χ3n) is 11.6. The van der Waals surface area contributed by atoms with E-state index in [4.69, 9.17) is 4.42 Å². The molecule has 1 heteroatoms. The fourth-order valence-electron chi connectivity index (χ4n) is 9.07. The van der Waals surface area contributed by atoms with E-state index in [9.17, 15) is 0 Å². The summed E-state index contributed by atoms with van der Waals surface area (Å²) in [4.78, 5) is 0. The van der Waals surface area contributed by atoms with E-state index >= 15 is 0 Å². The Balaban J connectivity index is 1.04. The summed E-state index contributed by atoms with van der Waals surface area (Å²) in [6.07, 6.45) is 0. The van der Waals surface area contributed by atoms with Crippen molar-refractivity contribution in [1.29, 1.82) is 0 Å². The molecule has 1 aliphatic rings. The molecule has 0 spiro atoms. The third-order valence-corrected chi connectivity index (χ3v) is 11.6. The molecule has 0 bridgehead atoms. The molecule has 0 amide bonds. The highest BCUT2D eigenvalue weighted by Crippen LogP contribution is 2.52. The molecule has 0 N–H and O–H groups in total. The fraction of sp³-hybridized carbons (Fsp3) is 0.0588. The summed E-state index contributed by atoms with van der Waals surface area (Å²) in [6.45, 7) is 4.76. The zero-order valence-corrected chi connectivity index (χ0v) is 29.1. The maximum absolute atomic E-state index is 6.46. The van der Waals surface area contributed by atoms with Crippen molar-refractivity contribution in [3.8, 4) is 44.5 Å². The topological polar surface area (TPSA) is 13.1 Å². The Hall–Kier alpha value is -6.44. The molecule has 0 saturated carbocycles. The predicted octanol–water partition coefficient (Wildman–Crippen LogP) is 14.4. The highest BCUT2D eigenvalue weighted by atomic mass is 16.3. The first kappa shape index (κ1) is 29.3. The third kappa shape index (κ3) is 4.17. The summed E-state index contributed by atoms with van der Waals surface area (Å²) in [7, 11) is 0. The molecular weight excluding hydrogens is 629 g/mol. The molecule has 1 aliphatic carbocycles. The van der Waals surface area contributed by atoms with Crippen LogP contribution in [-0.4, -0.2) is 0 Å². The van der Waals surface area contributed by atoms with Crippen LogP contribution in [0.1, 0.15) is 25.0 Å². The van der Waals surface area contributed by atoms with Gasteiger partial charge in [0.1, 0.15) is 11.2 Å². The molecule has 0 aliphatic heterocycles. The smallest absolute Gasteiger partial charge is 0.136 e. The van der Waals surface area contributed by atoms with Gasteiger partial charge in [0.25, 0.3) is 0 Å². The lowest BCUT2D eigenvalue weighted by molar-refractivity contribution is 0.661. The van der Waals surface area contributed by atoms with Crippen molar-refractivity contribution in [1.82, 2.24) is 0 Å². The van der Waals surface area contributed by atoms with Gasteiger partial charge in [-0.3, -0.25) is 0 Å². The zero-order valence-electron chi connectivity index (χ0n) is 29.1. The standard InChI is InChI=1S/C51H34O/c1-51(2)45-27-34(35-21-25-39-44-26-32-14-6-7-15-33(32)29-48(44)52-47(39)30-35)20-23-37(45)38-24-22-36(28-46(38)51)50-42-18-10-8-16-40(42)49(31-12-4-3-5-13-31)41-17-9-11-19-43(41)50/h3-30H,1-2H3. The number of rotatable bonds is 3. The average molecular weight is 663 g/mol. The van der Waals surface area contributed by atoms with E-state index in [1.807, 2.05) is 0 Å². The summed E-state index contributed by atoms with van der Waals surface area (Å²) in [5.74, 6) is 0. The van der Waals surface area contributed by atoms with Gasteiger partial charge in [-0.25, -0.2) is 0 Å². The van der Waals surface area contributed by atoms with Crippen molar-refractivity contribution in [2.24, 2.45) is 0 Å². The van der Waals surface area contributed by atoms with Crippen LogP contribution in [0.5, 0.6) is 0 Å². The molecule has 10 aromatic rings. The van der Waals surface area contributed by atoms with Crippen LogP contribution in [0.15, 0.2) is 174 Å². The second-order valence-corrected chi connectivity index (χ2v) is 14.9. The first-order valence-electron chi connectivity index (χ1n) is 18.2. The number of furan rings is 1. The molecule has 244 valence electrons. The molecule has 1 nitrogen and oxygen atoms in total. The number of benzene rings is 9. The first-order valence-corrected chi connectivity index (χ1v) is 18.2. The van der Waals surface area contributed by atoms with Gasteiger partial charge < -0.3 is 4.42 Å². The van der Waals surface area contributed by atoms with Crippen LogP contribution in [0.25, 0.3) is 98.8 Å². The molecule has 1 heterocycles. The zero-order chi connectivity index (χ0) is 34.6. The lowest BCUT2D eigenvalue weighted by Crippen LogP contribution is -2.15. The van der Waals surface area contributed by atoms with E-state index in [0.29, 0.717) is 0 Å². The van der Waals surface area contributed by atoms with Crippen LogP contribution in [0.3, 0.4) is 0 Å². The Morgan fingerprint density at radius 2 is 0.827 bits per heavy atom. The molecule has 9 aromatic carbocycles. The van der Waals surface area contributed by atoms with E-state index in [0.717, 1.165) is 21.9 Å². The highest BCUT2D eigenvalue weighted by molar-refractivity contribution is 6.21. The number of hydrogen-bond donors (Lipinski definition) is 0. The molecule has 0 radical (unpaired) electrons. The van der Waals surface area contributed by atoms with Gasteiger partial charge in [0.2, 0.25) is 0 Å². The van der Waals surface area contributed by atoms with E-state index in [2.05, 4.69) is 184 Å². The van der Waals surface area contributed by atoms with E-state index in [-0.39, 0.29) is 5.41 Å². The Kier molecular flexibility index (Phi) is 6.08. The maximum Gasteiger partial charge on any atom is 0.136 e. The van der Waals surface area contributed by atoms with Crippen molar-refractivity contribution in [3.63, 3.8) is 0 Å². The lowest BCUT2D eigenvalue weighted by atomic mass is 9.80. The van der Waals surface area contributed by atoms with Gasteiger partial charge >= 0.3 is 0 Å². The summed E-state index contributed by atoms with van der Waals surface area (Å²) in [5, 5.41) is 9.88. The van der Waals surface area contributed by atoms with Crippen LogP contribution < -0.4 is 0 Å². The first-order chi connectivity index (χ1) is 25.5. The van der Waals surface area contributed by atoms with Crippen LogP contribution in [0.4, 0.5) is 0 Å². The summed E-state index contributed by atoms with van der Waals surface area (Å²) in [6, 6.07) is 62.4. The second kappa shape index (κ2) is 10.8. The van der Waals surface area contributed by atoms with Gasteiger partial charge in [0, 0.05) is 16.2 Å². The normalized spacial score (nSPS) is 13.3. The van der Waals surface area contributed by atoms with E-state index in [1.54, 1.807) is 0 Å². The monoisotopic (exact) mass is 662 g/mol. The van der Waals surface area contributed by atoms with Crippen molar-refractivity contribution < 1.29 is 4.42 Å². The Morgan fingerprint density at radius 1 is 0.346 bits per heavy atom. The number of fused-ring (bicyclic) bond motifs is 9. The van der Waals surface area contributed by atoms with Crippen molar-refractivity contribution in [2.45, 2.75) is 19.3 Å². The highest BCUT2D eigenvalue weighted by Gasteiger charge is 2.36. The largest absolute Gasteiger partial charge is 0.456 e. The second-order valence-electron chi connectivity index (χ2n) is 14.9. The molecular formula is C51H34O. The summed E-state index contributed by atoms with van der Waals surface area (Å²) < 4.78 is 6.46. The Bertz CT molecular complexity index is 3030. The van der Waals surface area contributed by atoms with Gasteiger partial charge in [-0.15, -0.1) is 0 Å². The maximum atomic E-state index is 6.46. The molecule has 0 saturated heterocycles. The Labute approximate surface area is 302 Å². The summed E-state index contributed by atoms with van der Waals surface area (Å²) >= 11 is 0. The van der Waals surface area contributed by atoms with Crippen LogP contribution in [0.2, 0.25) is 0 Å². The number of hydrogen-bond acceptors (Lipinski definition) is 1. The lowest BCUT2D eigenvalue weighted by Gasteiger charge is -2.23. The minimum atomic E-state index is -0.171.